The van der Waals surface area contributed by atoms with Crippen LogP contribution in [0.25, 0.3) is 16.7 Å². The molecular weight excluding hydrogens is 594 g/mol. The van der Waals surface area contributed by atoms with Crippen molar-refractivity contribution in [1.29, 1.82) is 0 Å². The van der Waals surface area contributed by atoms with Gasteiger partial charge in [0.1, 0.15) is 11.3 Å². The molecule has 0 bridgehead atoms. The standard InChI is InChI=1S/C38H47N3O6/c1-25-9-4-5-11-29(25)30-12-8-13-38(26(30)2,22-34-35(46-34)24-40-15-17-45-18-16-40)37-39-31-19-27(32(44-3)21-33(31)47-37)23-41-14-7-6-10-28(41)20-36(42)43/h4-5,8-9,11-13,19,21,26,28,34-35H,6-7,10,14-18,20,22-24H2,1-3H3,(H,42,43). The summed E-state index contributed by atoms with van der Waals surface area (Å²) in [6.45, 7) is 10.3. The molecule has 9 nitrogen and oxygen atoms in total. The molecule has 1 N–H and O–H groups in total. The van der Waals surface area contributed by atoms with Crippen LogP contribution in [0.3, 0.4) is 0 Å². The summed E-state index contributed by atoms with van der Waals surface area (Å²) in [6.07, 6.45) is 10.9. The van der Waals surface area contributed by atoms with Gasteiger partial charge in [-0.3, -0.25) is 14.6 Å². The fourth-order valence-corrected chi connectivity index (χ4v) is 8.02. The second-order valence-electron chi connectivity index (χ2n) is 13.8. The van der Waals surface area contributed by atoms with E-state index in [2.05, 4.69) is 72.2 Å². The molecule has 3 aliphatic heterocycles. The van der Waals surface area contributed by atoms with Gasteiger partial charge < -0.3 is 23.7 Å². The number of ether oxygens (including phenoxy) is 3. The number of likely N-dealkylation sites (tertiary alicyclic amines) is 1. The average molecular weight is 642 g/mol. The van der Waals surface area contributed by atoms with Crippen LogP contribution in [-0.4, -0.2) is 90.6 Å². The van der Waals surface area contributed by atoms with E-state index < -0.39 is 11.4 Å². The van der Waals surface area contributed by atoms with Gasteiger partial charge in [0.25, 0.3) is 0 Å². The van der Waals surface area contributed by atoms with Crippen molar-refractivity contribution in [3.8, 4) is 5.75 Å². The van der Waals surface area contributed by atoms with Gasteiger partial charge in [-0.15, -0.1) is 0 Å². The number of benzene rings is 2. The maximum atomic E-state index is 11.6. The summed E-state index contributed by atoms with van der Waals surface area (Å²) in [5.41, 5.74) is 5.72. The number of epoxide rings is 1. The van der Waals surface area contributed by atoms with E-state index in [1.165, 1.54) is 16.7 Å². The summed E-state index contributed by atoms with van der Waals surface area (Å²) < 4.78 is 24.5. The number of rotatable bonds is 11. The summed E-state index contributed by atoms with van der Waals surface area (Å²) >= 11 is 0. The van der Waals surface area contributed by atoms with Crippen molar-refractivity contribution in [2.75, 3.05) is 46.5 Å². The molecular formula is C38H47N3O6. The van der Waals surface area contributed by atoms with Gasteiger partial charge in [0, 0.05) is 43.9 Å². The monoisotopic (exact) mass is 641 g/mol. The largest absolute Gasteiger partial charge is 0.496 e. The third-order valence-corrected chi connectivity index (χ3v) is 10.9. The topological polar surface area (TPSA) is 101 Å². The van der Waals surface area contributed by atoms with Crippen LogP contribution in [0.2, 0.25) is 0 Å². The predicted octanol–water partition coefficient (Wildman–Crippen LogP) is 5.99. The van der Waals surface area contributed by atoms with Gasteiger partial charge in [-0.05, 0) is 61.4 Å². The molecule has 0 saturated carbocycles. The Hall–Kier alpha value is -3.50. The summed E-state index contributed by atoms with van der Waals surface area (Å²) in [6, 6.07) is 12.6. The fraction of sp³-hybridized carbons (Fsp3) is 0.526. The third-order valence-electron chi connectivity index (χ3n) is 10.9. The van der Waals surface area contributed by atoms with Gasteiger partial charge in [0.2, 0.25) is 5.89 Å². The van der Waals surface area contributed by atoms with E-state index in [1.807, 2.05) is 6.07 Å². The van der Waals surface area contributed by atoms with Gasteiger partial charge in [-0.1, -0.05) is 55.8 Å². The molecule has 47 heavy (non-hydrogen) atoms. The lowest BCUT2D eigenvalue weighted by Crippen LogP contribution is -2.40. The zero-order chi connectivity index (χ0) is 32.5. The summed E-state index contributed by atoms with van der Waals surface area (Å²) in [4.78, 5) is 21.6. The Bertz CT molecular complexity index is 1660. The molecule has 3 aromatic rings. The maximum absolute atomic E-state index is 11.6. The number of aryl methyl sites for hydroxylation is 1. The van der Waals surface area contributed by atoms with E-state index in [9.17, 15) is 9.90 Å². The van der Waals surface area contributed by atoms with E-state index in [0.29, 0.717) is 18.0 Å². The Kier molecular flexibility index (Phi) is 9.24. The van der Waals surface area contributed by atoms with Crippen LogP contribution in [0.5, 0.6) is 5.75 Å². The number of morpholine rings is 1. The number of carbonyl (C=O) groups is 1. The first-order chi connectivity index (χ1) is 22.8. The number of carboxylic acids is 1. The lowest BCUT2D eigenvalue weighted by Gasteiger charge is -2.38. The Labute approximate surface area is 277 Å². The molecule has 9 heteroatoms. The number of hydrogen-bond acceptors (Lipinski definition) is 8. The van der Waals surface area contributed by atoms with Crippen LogP contribution < -0.4 is 4.74 Å². The second-order valence-corrected chi connectivity index (χ2v) is 13.8. The summed E-state index contributed by atoms with van der Waals surface area (Å²) in [5.74, 6) is 0.757. The molecule has 2 aromatic carbocycles. The first-order valence-corrected chi connectivity index (χ1v) is 17.2. The number of piperidine rings is 1. The number of aliphatic carboxylic acids is 1. The Morgan fingerprint density at radius 3 is 2.74 bits per heavy atom. The molecule has 4 heterocycles. The maximum Gasteiger partial charge on any atom is 0.304 e. The quantitative estimate of drug-likeness (QED) is 0.253. The summed E-state index contributed by atoms with van der Waals surface area (Å²) in [5, 5.41) is 9.54. The summed E-state index contributed by atoms with van der Waals surface area (Å²) in [7, 11) is 1.68. The Balaban J connectivity index is 1.22. The highest BCUT2D eigenvalue weighted by molar-refractivity contribution is 5.78. The number of methoxy groups -OCH3 is 1. The average Bonchev–Trinajstić information content (AvgIpc) is 3.64. The van der Waals surface area contributed by atoms with Crippen molar-refractivity contribution in [3.63, 3.8) is 0 Å². The zero-order valence-electron chi connectivity index (χ0n) is 27.8. The van der Waals surface area contributed by atoms with Crippen molar-refractivity contribution < 1.29 is 28.5 Å². The van der Waals surface area contributed by atoms with E-state index in [0.717, 1.165) is 81.9 Å². The van der Waals surface area contributed by atoms with Gasteiger partial charge in [-0.25, -0.2) is 4.98 Å². The fourth-order valence-electron chi connectivity index (χ4n) is 8.02. The minimum atomic E-state index is -0.753. The molecule has 0 spiro atoms. The number of nitrogens with zero attached hydrogens (tertiary/aromatic N) is 3. The van der Waals surface area contributed by atoms with E-state index >= 15 is 0 Å². The SMILES string of the molecule is COc1cc2oc(C3(CC4OC4CN4CCOCC4)C=CC=C(c4ccccc4C)C3C)nc2cc1CN1CCCCC1CC(=O)O. The van der Waals surface area contributed by atoms with Gasteiger partial charge in [0.15, 0.2) is 5.58 Å². The van der Waals surface area contributed by atoms with Crippen molar-refractivity contribution in [2.24, 2.45) is 5.92 Å². The molecule has 3 saturated heterocycles. The molecule has 0 amide bonds. The van der Waals surface area contributed by atoms with Crippen LogP contribution >= 0.6 is 0 Å². The molecule has 1 aliphatic carbocycles. The molecule has 7 rings (SSSR count). The molecule has 3 fully saturated rings. The Morgan fingerprint density at radius 1 is 1.13 bits per heavy atom. The number of carboxylic acid groups (broad SMARTS) is 1. The minimum Gasteiger partial charge on any atom is -0.496 e. The van der Waals surface area contributed by atoms with Crippen molar-refractivity contribution in [3.05, 3.63) is 77.2 Å². The lowest BCUT2D eigenvalue weighted by molar-refractivity contribution is -0.138. The first kappa shape index (κ1) is 32.1. The number of fused-ring (bicyclic) bond motifs is 1. The van der Waals surface area contributed by atoms with E-state index in [-0.39, 0.29) is 30.6 Å². The highest BCUT2D eigenvalue weighted by atomic mass is 16.6. The van der Waals surface area contributed by atoms with Crippen molar-refractivity contribution in [2.45, 2.75) is 76.2 Å². The van der Waals surface area contributed by atoms with Gasteiger partial charge in [0.05, 0.1) is 44.4 Å². The third kappa shape index (κ3) is 6.64. The van der Waals surface area contributed by atoms with Crippen molar-refractivity contribution >= 4 is 22.6 Å². The molecule has 0 radical (unpaired) electrons. The van der Waals surface area contributed by atoms with Gasteiger partial charge in [-0.2, -0.15) is 0 Å². The lowest BCUT2D eigenvalue weighted by atomic mass is 9.65. The number of aromatic nitrogens is 1. The second kappa shape index (κ2) is 13.5. The molecule has 5 atom stereocenters. The molecule has 4 aliphatic rings. The van der Waals surface area contributed by atoms with Gasteiger partial charge >= 0.3 is 5.97 Å². The van der Waals surface area contributed by atoms with E-state index in [4.69, 9.17) is 23.6 Å². The minimum absolute atomic E-state index is 0.0154. The normalized spacial score (nSPS) is 28.4. The van der Waals surface area contributed by atoms with Crippen LogP contribution in [0.1, 0.15) is 61.6 Å². The van der Waals surface area contributed by atoms with Crippen LogP contribution in [0.4, 0.5) is 0 Å². The predicted molar refractivity (Wildman–Crippen MR) is 181 cm³/mol. The van der Waals surface area contributed by atoms with Crippen LogP contribution in [0, 0.1) is 12.8 Å². The van der Waals surface area contributed by atoms with Crippen LogP contribution in [0.15, 0.2) is 59.0 Å². The Morgan fingerprint density at radius 2 is 1.96 bits per heavy atom. The van der Waals surface area contributed by atoms with Crippen LogP contribution in [-0.2, 0) is 26.2 Å². The smallest absolute Gasteiger partial charge is 0.304 e. The number of oxazole rings is 1. The van der Waals surface area contributed by atoms with E-state index in [1.54, 1.807) is 7.11 Å². The highest BCUT2D eigenvalue weighted by Gasteiger charge is 2.52. The van der Waals surface area contributed by atoms with Crippen molar-refractivity contribution in [1.82, 2.24) is 14.8 Å². The zero-order valence-corrected chi connectivity index (χ0v) is 27.8. The highest BCUT2D eigenvalue weighted by Crippen LogP contribution is 2.50. The number of hydrogen-bond donors (Lipinski definition) is 1. The molecule has 250 valence electrons. The first-order valence-electron chi connectivity index (χ1n) is 17.2. The molecule has 1 aromatic heterocycles. The molecule has 5 unspecified atom stereocenters. The number of allylic oxidation sites excluding steroid dienone is 4.